The summed E-state index contributed by atoms with van der Waals surface area (Å²) in [5.74, 6) is 1.70. The van der Waals surface area contributed by atoms with E-state index in [1.54, 1.807) is 56.5 Å². The summed E-state index contributed by atoms with van der Waals surface area (Å²) >= 11 is 0. The first-order valence-electron chi connectivity index (χ1n) is 9.89. The molecule has 0 aliphatic heterocycles. The summed E-state index contributed by atoms with van der Waals surface area (Å²) in [6.45, 7) is 1.82. The summed E-state index contributed by atoms with van der Waals surface area (Å²) < 4.78 is 15.8. The SMILES string of the molecule is COc1ccc(-c2noc(CCC(=O)N(C)C(C)c3cccc([N+](=O)[O-])c3)n2)cc1OC. The van der Waals surface area contributed by atoms with Gasteiger partial charge >= 0.3 is 0 Å². The second-order valence-electron chi connectivity index (χ2n) is 7.11. The van der Waals surface area contributed by atoms with Gasteiger partial charge in [-0.15, -0.1) is 0 Å². The molecule has 0 spiro atoms. The maximum absolute atomic E-state index is 12.7. The predicted octanol–water partition coefficient (Wildman–Crippen LogP) is 3.81. The predicted molar refractivity (Wildman–Crippen MR) is 115 cm³/mol. The number of rotatable bonds is 9. The zero-order valence-corrected chi connectivity index (χ0v) is 18.3. The Morgan fingerprint density at radius 3 is 2.62 bits per heavy atom. The highest BCUT2D eigenvalue weighted by atomic mass is 16.6. The van der Waals surface area contributed by atoms with Crippen LogP contribution in [0.5, 0.6) is 11.5 Å². The van der Waals surface area contributed by atoms with Crippen LogP contribution in [0, 0.1) is 10.1 Å². The Labute approximate surface area is 184 Å². The average molecular weight is 440 g/mol. The van der Waals surface area contributed by atoms with Crippen LogP contribution in [0.15, 0.2) is 47.0 Å². The fourth-order valence-electron chi connectivity index (χ4n) is 3.18. The summed E-state index contributed by atoms with van der Waals surface area (Å²) in [5, 5.41) is 15.0. The van der Waals surface area contributed by atoms with Crippen molar-refractivity contribution in [1.29, 1.82) is 0 Å². The molecule has 0 fully saturated rings. The number of carbonyl (C=O) groups is 1. The molecule has 1 atom stereocenters. The Morgan fingerprint density at radius 2 is 1.94 bits per heavy atom. The number of amides is 1. The lowest BCUT2D eigenvalue weighted by Gasteiger charge is -2.25. The third-order valence-electron chi connectivity index (χ3n) is 5.20. The van der Waals surface area contributed by atoms with E-state index in [0.717, 1.165) is 0 Å². The average Bonchev–Trinajstić information content (AvgIpc) is 3.30. The third-order valence-corrected chi connectivity index (χ3v) is 5.20. The number of ether oxygens (including phenoxy) is 2. The van der Waals surface area contributed by atoms with Crippen molar-refractivity contribution >= 4 is 11.6 Å². The molecule has 168 valence electrons. The van der Waals surface area contributed by atoms with Crippen molar-refractivity contribution in [2.24, 2.45) is 0 Å². The van der Waals surface area contributed by atoms with Gasteiger partial charge in [-0.2, -0.15) is 4.98 Å². The molecule has 10 heteroatoms. The van der Waals surface area contributed by atoms with E-state index in [4.69, 9.17) is 14.0 Å². The number of benzene rings is 2. The van der Waals surface area contributed by atoms with E-state index in [2.05, 4.69) is 10.1 Å². The highest BCUT2D eigenvalue weighted by molar-refractivity contribution is 5.76. The lowest BCUT2D eigenvalue weighted by Crippen LogP contribution is -2.29. The molecule has 1 unspecified atom stereocenters. The molecule has 3 rings (SSSR count). The van der Waals surface area contributed by atoms with Gasteiger partial charge in [0.15, 0.2) is 11.5 Å². The number of carbonyl (C=O) groups excluding carboxylic acids is 1. The van der Waals surface area contributed by atoms with Crippen LogP contribution in [0.3, 0.4) is 0 Å². The van der Waals surface area contributed by atoms with Crippen molar-refractivity contribution in [1.82, 2.24) is 15.0 Å². The highest BCUT2D eigenvalue weighted by Gasteiger charge is 2.20. The maximum Gasteiger partial charge on any atom is 0.269 e. The molecule has 1 aromatic heterocycles. The number of aromatic nitrogens is 2. The van der Waals surface area contributed by atoms with Crippen LogP contribution >= 0.6 is 0 Å². The normalized spacial score (nSPS) is 11.6. The molecule has 32 heavy (non-hydrogen) atoms. The quantitative estimate of drug-likeness (QED) is 0.364. The van der Waals surface area contributed by atoms with Gasteiger partial charge in [-0.05, 0) is 30.7 Å². The van der Waals surface area contributed by atoms with Gasteiger partial charge < -0.3 is 18.9 Å². The molecule has 0 N–H and O–H groups in total. The topological polar surface area (TPSA) is 121 Å². The monoisotopic (exact) mass is 440 g/mol. The minimum absolute atomic E-state index is 0.0104. The number of nitro benzene ring substituents is 1. The van der Waals surface area contributed by atoms with Crippen molar-refractivity contribution in [3.05, 3.63) is 64.0 Å². The van der Waals surface area contributed by atoms with Crippen LogP contribution in [-0.2, 0) is 11.2 Å². The lowest BCUT2D eigenvalue weighted by atomic mass is 10.1. The van der Waals surface area contributed by atoms with Gasteiger partial charge in [-0.25, -0.2) is 0 Å². The van der Waals surface area contributed by atoms with E-state index in [0.29, 0.717) is 34.3 Å². The van der Waals surface area contributed by atoms with Crippen molar-refractivity contribution in [2.75, 3.05) is 21.3 Å². The van der Waals surface area contributed by atoms with Crippen LogP contribution in [-0.4, -0.2) is 47.1 Å². The van der Waals surface area contributed by atoms with E-state index in [9.17, 15) is 14.9 Å². The molecule has 3 aromatic rings. The number of hydrogen-bond donors (Lipinski definition) is 0. The second kappa shape index (κ2) is 9.90. The van der Waals surface area contributed by atoms with Crippen LogP contribution in [0.4, 0.5) is 5.69 Å². The van der Waals surface area contributed by atoms with Crippen LogP contribution in [0.1, 0.15) is 30.8 Å². The van der Waals surface area contributed by atoms with E-state index in [1.165, 1.54) is 12.1 Å². The Hall–Kier alpha value is -3.95. The number of nitrogens with zero attached hydrogens (tertiary/aromatic N) is 4. The fourth-order valence-corrected chi connectivity index (χ4v) is 3.18. The van der Waals surface area contributed by atoms with Gasteiger partial charge in [0.2, 0.25) is 17.6 Å². The van der Waals surface area contributed by atoms with Crippen molar-refractivity contribution in [3.8, 4) is 22.9 Å². The summed E-state index contributed by atoms with van der Waals surface area (Å²) in [7, 11) is 4.76. The van der Waals surface area contributed by atoms with Crippen molar-refractivity contribution < 1.29 is 23.7 Å². The smallest absolute Gasteiger partial charge is 0.269 e. The van der Waals surface area contributed by atoms with Crippen LogP contribution in [0.2, 0.25) is 0 Å². The fraction of sp³-hybridized carbons (Fsp3) is 0.318. The molecule has 2 aromatic carbocycles. The number of aryl methyl sites for hydroxylation is 1. The number of methoxy groups -OCH3 is 2. The van der Waals surface area contributed by atoms with E-state index in [1.807, 2.05) is 6.92 Å². The molecule has 1 amide bonds. The maximum atomic E-state index is 12.7. The highest BCUT2D eigenvalue weighted by Crippen LogP contribution is 2.31. The summed E-state index contributed by atoms with van der Waals surface area (Å²) in [6, 6.07) is 11.2. The lowest BCUT2D eigenvalue weighted by molar-refractivity contribution is -0.384. The zero-order chi connectivity index (χ0) is 23.3. The van der Waals surface area contributed by atoms with Gasteiger partial charge in [-0.1, -0.05) is 17.3 Å². The minimum atomic E-state index is -0.455. The summed E-state index contributed by atoms with van der Waals surface area (Å²) in [5.41, 5.74) is 1.37. The molecular weight excluding hydrogens is 416 g/mol. The first kappa shape index (κ1) is 22.7. The van der Waals surface area contributed by atoms with E-state index < -0.39 is 4.92 Å². The van der Waals surface area contributed by atoms with E-state index in [-0.39, 0.29) is 30.5 Å². The largest absolute Gasteiger partial charge is 0.493 e. The van der Waals surface area contributed by atoms with Gasteiger partial charge in [-0.3, -0.25) is 14.9 Å². The molecule has 0 aliphatic carbocycles. The molecule has 0 saturated heterocycles. The number of nitro groups is 1. The standard InChI is InChI=1S/C22H24N4O6/c1-14(15-6-5-7-17(12-15)26(28)29)25(2)21(27)11-10-20-23-22(24-32-20)16-8-9-18(30-3)19(13-16)31-4/h5-9,12-14H,10-11H2,1-4H3. The molecule has 0 radical (unpaired) electrons. The van der Waals surface area contributed by atoms with Crippen LogP contribution < -0.4 is 9.47 Å². The number of hydrogen-bond acceptors (Lipinski definition) is 8. The van der Waals surface area contributed by atoms with E-state index >= 15 is 0 Å². The van der Waals surface area contributed by atoms with Gasteiger partial charge in [0, 0.05) is 37.6 Å². The van der Waals surface area contributed by atoms with Crippen molar-refractivity contribution in [2.45, 2.75) is 25.8 Å². The summed E-state index contributed by atoms with van der Waals surface area (Å²) in [6.07, 6.45) is 0.425. The Morgan fingerprint density at radius 1 is 1.19 bits per heavy atom. The first-order valence-corrected chi connectivity index (χ1v) is 9.89. The van der Waals surface area contributed by atoms with Gasteiger partial charge in [0.1, 0.15) is 0 Å². The Kier molecular flexibility index (Phi) is 7.04. The molecule has 0 bridgehead atoms. The molecule has 0 saturated carbocycles. The Balaban J connectivity index is 1.63. The first-order chi connectivity index (χ1) is 15.3. The molecule has 1 heterocycles. The van der Waals surface area contributed by atoms with Crippen LogP contribution in [0.25, 0.3) is 11.4 Å². The van der Waals surface area contributed by atoms with Gasteiger partial charge in [0.05, 0.1) is 25.2 Å². The minimum Gasteiger partial charge on any atom is -0.493 e. The molecule has 0 aliphatic rings. The van der Waals surface area contributed by atoms with Gasteiger partial charge in [0.25, 0.3) is 5.69 Å². The molecular formula is C22H24N4O6. The second-order valence-corrected chi connectivity index (χ2v) is 7.11. The van der Waals surface area contributed by atoms with Crippen molar-refractivity contribution in [3.63, 3.8) is 0 Å². The zero-order valence-electron chi connectivity index (χ0n) is 18.3. The third kappa shape index (κ3) is 5.02. The number of non-ortho nitro benzene ring substituents is 1. The Bertz CT molecular complexity index is 1110. The summed E-state index contributed by atoms with van der Waals surface area (Å²) in [4.78, 5) is 29.1. The molecule has 10 nitrogen and oxygen atoms in total.